The van der Waals surface area contributed by atoms with Crippen molar-refractivity contribution < 1.29 is 33.6 Å². The highest BCUT2D eigenvalue weighted by Gasteiger charge is 2.20. The van der Waals surface area contributed by atoms with Gasteiger partial charge < -0.3 is 24.0 Å². The normalized spacial score (nSPS) is 12.7. The van der Waals surface area contributed by atoms with Gasteiger partial charge in [-0.3, -0.25) is 9.59 Å². The lowest BCUT2D eigenvalue weighted by atomic mass is 10.1. The van der Waals surface area contributed by atoms with Crippen LogP contribution in [0.2, 0.25) is 0 Å². The summed E-state index contributed by atoms with van der Waals surface area (Å²) in [6.45, 7) is 3.28. The van der Waals surface area contributed by atoms with Crippen LogP contribution in [0.25, 0.3) is 0 Å². The van der Waals surface area contributed by atoms with E-state index in [1.54, 1.807) is 43.3 Å². The van der Waals surface area contributed by atoms with E-state index in [9.17, 15) is 9.59 Å². The molecule has 0 spiro atoms. The van der Waals surface area contributed by atoms with E-state index in [2.05, 4.69) is 0 Å². The SMILES string of the molecule is COc1cc(CC(=O)O)ccc1OP(C)(=N)Oc1ccc(CC(=O)O)cc1C. The van der Waals surface area contributed by atoms with Gasteiger partial charge in [0.15, 0.2) is 11.5 Å². The Hall–Kier alpha value is -2.99. The second-order valence-corrected chi connectivity index (χ2v) is 8.31. The van der Waals surface area contributed by atoms with Gasteiger partial charge in [-0.05, 0) is 41.8 Å². The van der Waals surface area contributed by atoms with Crippen molar-refractivity contribution in [3.63, 3.8) is 0 Å². The molecule has 28 heavy (non-hydrogen) atoms. The number of benzene rings is 2. The lowest BCUT2D eigenvalue weighted by Crippen LogP contribution is -2.04. The van der Waals surface area contributed by atoms with Crippen LogP contribution < -0.4 is 13.8 Å². The first kappa shape index (κ1) is 21.3. The first-order valence-corrected chi connectivity index (χ1v) is 10.4. The Morgan fingerprint density at radius 2 is 1.43 bits per heavy atom. The zero-order valence-electron chi connectivity index (χ0n) is 15.8. The van der Waals surface area contributed by atoms with E-state index in [0.29, 0.717) is 28.2 Å². The van der Waals surface area contributed by atoms with Crippen molar-refractivity contribution in [1.29, 1.82) is 5.16 Å². The third kappa shape index (κ3) is 6.03. The number of nitrogens with one attached hydrogen (secondary N) is 1. The number of rotatable bonds is 9. The second kappa shape index (κ2) is 8.80. The zero-order valence-corrected chi connectivity index (χ0v) is 16.7. The highest BCUT2D eigenvalue weighted by atomic mass is 31.2. The number of hydrogen-bond acceptors (Lipinski definition) is 6. The van der Waals surface area contributed by atoms with Gasteiger partial charge in [-0.15, -0.1) is 0 Å². The molecule has 2 aromatic carbocycles. The summed E-state index contributed by atoms with van der Waals surface area (Å²) in [6, 6.07) is 9.66. The third-order valence-electron chi connectivity index (χ3n) is 3.72. The molecule has 3 N–H and O–H groups in total. The zero-order chi connectivity index (χ0) is 20.9. The third-order valence-corrected chi connectivity index (χ3v) is 4.81. The van der Waals surface area contributed by atoms with Crippen LogP contribution >= 0.6 is 7.51 Å². The standard InChI is InChI=1S/C19H22NO7P/c1-12-8-13(10-18(21)22)4-6-15(12)26-28(3,20)27-16-7-5-14(11-19(23)24)9-17(16)25-2/h4-9,20H,10-11H2,1-3H3,(H,21,22)(H,23,24). The van der Waals surface area contributed by atoms with E-state index in [1.165, 1.54) is 13.8 Å². The average Bonchev–Trinajstić information content (AvgIpc) is 2.57. The van der Waals surface area contributed by atoms with Crippen molar-refractivity contribution in [1.82, 2.24) is 0 Å². The molecule has 0 radical (unpaired) electrons. The van der Waals surface area contributed by atoms with Gasteiger partial charge in [0.2, 0.25) is 0 Å². The topological polar surface area (TPSA) is 126 Å². The number of hydrogen-bond donors (Lipinski definition) is 3. The summed E-state index contributed by atoms with van der Waals surface area (Å²) in [7, 11) is -1.67. The van der Waals surface area contributed by atoms with Crippen LogP contribution in [-0.4, -0.2) is 35.9 Å². The first-order valence-electron chi connectivity index (χ1n) is 8.30. The van der Waals surface area contributed by atoms with Gasteiger partial charge in [0.25, 0.3) is 0 Å². The lowest BCUT2D eigenvalue weighted by molar-refractivity contribution is -0.137. The number of carbonyl (C=O) groups is 2. The van der Waals surface area contributed by atoms with Crippen LogP contribution in [-0.2, 0) is 22.4 Å². The molecule has 0 aliphatic carbocycles. The molecule has 8 nitrogen and oxygen atoms in total. The van der Waals surface area contributed by atoms with Crippen LogP contribution in [0.4, 0.5) is 0 Å². The molecule has 0 aromatic heterocycles. The van der Waals surface area contributed by atoms with E-state index < -0.39 is 19.4 Å². The molecule has 0 heterocycles. The van der Waals surface area contributed by atoms with E-state index in [-0.39, 0.29) is 18.6 Å². The van der Waals surface area contributed by atoms with Crippen LogP contribution in [0.1, 0.15) is 16.7 Å². The summed E-state index contributed by atoms with van der Waals surface area (Å²) in [5, 5.41) is 26.2. The Labute approximate surface area is 162 Å². The van der Waals surface area contributed by atoms with Gasteiger partial charge in [0.1, 0.15) is 5.75 Å². The highest BCUT2D eigenvalue weighted by molar-refractivity contribution is 7.55. The fraction of sp³-hybridized carbons (Fsp3) is 0.263. The van der Waals surface area contributed by atoms with Crippen LogP contribution in [0.5, 0.6) is 17.2 Å². The largest absolute Gasteiger partial charge is 0.493 e. The molecule has 0 fully saturated rings. The minimum Gasteiger partial charge on any atom is -0.493 e. The maximum Gasteiger partial charge on any atom is 0.308 e. The number of ether oxygens (including phenoxy) is 1. The minimum atomic E-state index is -3.10. The summed E-state index contributed by atoms with van der Waals surface area (Å²) in [5.74, 6) is -0.857. The van der Waals surface area contributed by atoms with Crippen LogP contribution in [0, 0.1) is 12.1 Å². The van der Waals surface area contributed by atoms with E-state index in [1.807, 2.05) is 0 Å². The van der Waals surface area contributed by atoms with Crippen LogP contribution in [0.15, 0.2) is 36.4 Å². The molecule has 150 valence electrons. The number of aryl methyl sites for hydroxylation is 1. The van der Waals surface area contributed by atoms with Crippen molar-refractivity contribution in [2.24, 2.45) is 0 Å². The van der Waals surface area contributed by atoms with Gasteiger partial charge >= 0.3 is 19.4 Å². The maximum atomic E-state index is 10.9. The summed E-state index contributed by atoms with van der Waals surface area (Å²) in [6.07, 6.45) is -0.243. The Morgan fingerprint density at radius 3 is 1.93 bits per heavy atom. The van der Waals surface area contributed by atoms with Crippen molar-refractivity contribution in [3.8, 4) is 17.2 Å². The Bertz CT molecular complexity index is 942. The van der Waals surface area contributed by atoms with Crippen molar-refractivity contribution >= 4 is 19.4 Å². The molecule has 2 rings (SSSR count). The fourth-order valence-corrected chi connectivity index (χ4v) is 3.71. The molecule has 0 bridgehead atoms. The first-order chi connectivity index (χ1) is 13.1. The molecule has 1 unspecified atom stereocenters. The summed E-state index contributed by atoms with van der Waals surface area (Å²) < 4.78 is 16.7. The summed E-state index contributed by atoms with van der Waals surface area (Å²) >= 11 is 0. The quantitative estimate of drug-likeness (QED) is 0.537. The monoisotopic (exact) mass is 407 g/mol. The van der Waals surface area contributed by atoms with Gasteiger partial charge in [0.05, 0.1) is 20.0 Å². The molecule has 9 heteroatoms. The predicted molar refractivity (Wildman–Crippen MR) is 104 cm³/mol. The minimum absolute atomic E-state index is 0.0925. The second-order valence-electron chi connectivity index (χ2n) is 6.25. The van der Waals surface area contributed by atoms with Crippen LogP contribution in [0.3, 0.4) is 0 Å². The van der Waals surface area contributed by atoms with E-state index in [4.69, 9.17) is 29.2 Å². The van der Waals surface area contributed by atoms with Crippen molar-refractivity contribution in [2.75, 3.05) is 13.8 Å². The lowest BCUT2D eigenvalue weighted by Gasteiger charge is -2.22. The number of aliphatic carboxylic acids is 2. The van der Waals surface area contributed by atoms with Gasteiger partial charge in [0, 0.05) is 6.66 Å². The molecule has 0 aliphatic rings. The number of carboxylic acids is 2. The molecule has 0 aliphatic heterocycles. The molecule has 0 saturated heterocycles. The number of methoxy groups -OCH3 is 1. The summed E-state index contributed by atoms with van der Waals surface area (Å²) in [5.41, 5.74) is 1.89. The van der Waals surface area contributed by atoms with Crippen molar-refractivity contribution in [2.45, 2.75) is 19.8 Å². The van der Waals surface area contributed by atoms with Gasteiger partial charge in [-0.25, -0.2) is 5.16 Å². The average molecular weight is 407 g/mol. The molecule has 0 amide bonds. The fourth-order valence-electron chi connectivity index (χ4n) is 2.56. The molecule has 2 aromatic rings. The molecule has 0 saturated carbocycles. The summed E-state index contributed by atoms with van der Waals surface area (Å²) in [4.78, 5) is 21.7. The van der Waals surface area contributed by atoms with Crippen molar-refractivity contribution in [3.05, 3.63) is 53.1 Å². The number of carboxylic acid groups (broad SMARTS) is 2. The Morgan fingerprint density at radius 1 is 0.929 bits per heavy atom. The molecular weight excluding hydrogens is 385 g/mol. The van der Waals surface area contributed by atoms with Gasteiger partial charge in [-0.1, -0.05) is 18.2 Å². The maximum absolute atomic E-state index is 10.9. The predicted octanol–water partition coefficient (Wildman–Crippen LogP) is 3.96. The smallest absolute Gasteiger partial charge is 0.308 e. The van der Waals surface area contributed by atoms with E-state index in [0.717, 1.165) is 0 Å². The molecular formula is C19H22NO7P. The Balaban J connectivity index is 2.18. The molecule has 1 atom stereocenters. The van der Waals surface area contributed by atoms with Gasteiger partial charge in [-0.2, -0.15) is 0 Å². The Kier molecular flexibility index (Phi) is 6.70. The highest BCUT2D eigenvalue weighted by Crippen LogP contribution is 2.48. The van der Waals surface area contributed by atoms with E-state index >= 15 is 0 Å².